The molecule has 3 amide bonds. The zero-order valence-electron chi connectivity index (χ0n) is 42.1. The van der Waals surface area contributed by atoms with Crippen molar-refractivity contribution < 1.29 is 38.4 Å². The van der Waals surface area contributed by atoms with Gasteiger partial charge in [-0.25, -0.2) is 29.9 Å². The predicted octanol–water partition coefficient (Wildman–Crippen LogP) is 4.81. The SMILES string of the molecule is CC.CC(Nc1nccc(-c2cccc(-c3cc(C(O)(C=O)CCN(C)C)on3)n2)n1)C(=O)N(C)c1ccccc1.CNC(=O)C(C)Nc1nccc(-c2cccc(-c3cc(C4(O)CCN(C)C4=O)on3)n2)n1. The highest BCUT2D eigenvalue weighted by Gasteiger charge is 2.48. The number of carbonyl (C=O) groups excluding carboxylic acids is 4. The molecule has 1 saturated heterocycles. The molecule has 22 heteroatoms. The van der Waals surface area contributed by atoms with Crippen LogP contribution < -0.4 is 20.9 Å². The van der Waals surface area contributed by atoms with Crippen molar-refractivity contribution in [2.24, 2.45) is 0 Å². The molecule has 4 unspecified atom stereocenters. The lowest BCUT2D eigenvalue weighted by molar-refractivity contribution is -0.144. The second-order valence-corrected chi connectivity index (χ2v) is 17.0. The highest BCUT2D eigenvalue weighted by Crippen LogP contribution is 2.35. The second kappa shape index (κ2) is 24.2. The Labute approximate surface area is 422 Å². The average Bonchev–Trinajstić information content (AvgIpc) is 4.20. The number of anilines is 3. The molecule has 1 fully saturated rings. The minimum Gasteiger partial charge on any atom is -0.374 e. The van der Waals surface area contributed by atoms with Crippen LogP contribution in [0.4, 0.5) is 17.6 Å². The Morgan fingerprint density at radius 1 is 0.767 bits per heavy atom. The minimum atomic E-state index is -1.79. The summed E-state index contributed by atoms with van der Waals surface area (Å²) in [5.41, 5.74) is 1.18. The van der Waals surface area contributed by atoms with Crippen molar-refractivity contribution in [3.63, 3.8) is 0 Å². The van der Waals surface area contributed by atoms with Gasteiger partial charge in [0.2, 0.25) is 29.3 Å². The van der Waals surface area contributed by atoms with E-state index in [4.69, 9.17) is 9.05 Å². The molecule has 382 valence electrons. The summed E-state index contributed by atoms with van der Waals surface area (Å²) in [6.45, 7) is 8.37. The number of pyridine rings is 2. The van der Waals surface area contributed by atoms with Crippen LogP contribution in [0, 0.1) is 0 Å². The summed E-state index contributed by atoms with van der Waals surface area (Å²) in [6.07, 6.45) is 4.01. The average molecular weight is 997 g/mol. The van der Waals surface area contributed by atoms with E-state index in [1.165, 1.54) is 17.0 Å². The maximum Gasteiger partial charge on any atom is 0.262 e. The van der Waals surface area contributed by atoms with Gasteiger partial charge in [0.05, 0.1) is 34.2 Å². The lowest BCUT2D eigenvalue weighted by atomic mass is 9.97. The fourth-order valence-electron chi connectivity index (χ4n) is 7.29. The van der Waals surface area contributed by atoms with Crippen LogP contribution in [0.2, 0.25) is 0 Å². The van der Waals surface area contributed by atoms with Gasteiger partial charge in [-0.1, -0.05) is 54.5 Å². The fourth-order valence-corrected chi connectivity index (χ4v) is 7.29. The first-order chi connectivity index (χ1) is 35.0. The molecule has 4 atom stereocenters. The summed E-state index contributed by atoms with van der Waals surface area (Å²) in [6, 6.07) is 25.4. The van der Waals surface area contributed by atoms with E-state index < -0.39 is 29.2 Å². The summed E-state index contributed by atoms with van der Waals surface area (Å²) in [5.74, 6) is -0.0373. The van der Waals surface area contributed by atoms with E-state index in [1.807, 2.05) is 63.2 Å². The van der Waals surface area contributed by atoms with Gasteiger partial charge in [-0.3, -0.25) is 19.2 Å². The van der Waals surface area contributed by atoms with E-state index in [0.29, 0.717) is 70.9 Å². The Morgan fingerprint density at radius 3 is 1.81 bits per heavy atom. The molecule has 0 radical (unpaired) electrons. The predicted molar refractivity (Wildman–Crippen MR) is 272 cm³/mol. The van der Waals surface area contributed by atoms with Crippen LogP contribution in [-0.4, -0.2) is 145 Å². The molecule has 1 aliphatic heterocycles. The number of hydrogen-bond acceptors (Lipinski definition) is 19. The molecule has 7 aromatic rings. The van der Waals surface area contributed by atoms with Gasteiger partial charge in [0, 0.05) is 77.3 Å². The zero-order chi connectivity index (χ0) is 52.9. The second-order valence-electron chi connectivity index (χ2n) is 17.0. The number of hydrogen-bond donors (Lipinski definition) is 5. The van der Waals surface area contributed by atoms with E-state index in [1.54, 1.807) is 101 Å². The summed E-state index contributed by atoms with van der Waals surface area (Å²) >= 11 is 0. The van der Waals surface area contributed by atoms with Crippen molar-refractivity contribution in [2.45, 2.75) is 63.8 Å². The maximum absolute atomic E-state index is 12.9. The Hall–Kier alpha value is -8.34. The smallest absolute Gasteiger partial charge is 0.262 e. The lowest BCUT2D eigenvalue weighted by Crippen LogP contribution is -2.39. The first-order valence-electron chi connectivity index (χ1n) is 23.5. The van der Waals surface area contributed by atoms with Crippen LogP contribution in [0.3, 0.4) is 0 Å². The van der Waals surface area contributed by atoms with Crippen LogP contribution >= 0.6 is 0 Å². The Bertz CT molecular complexity index is 2990. The van der Waals surface area contributed by atoms with Crippen molar-refractivity contribution in [3.05, 3.63) is 115 Å². The van der Waals surface area contributed by atoms with Gasteiger partial charge in [0.25, 0.3) is 5.91 Å². The molecule has 0 aliphatic carbocycles. The van der Waals surface area contributed by atoms with Gasteiger partial charge in [-0.2, -0.15) is 0 Å². The molecule has 22 nitrogen and oxygen atoms in total. The summed E-state index contributed by atoms with van der Waals surface area (Å²) in [5, 5.41) is 38.1. The third-order valence-electron chi connectivity index (χ3n) is 11.5. The molecule has 7 heterocycles. The molecule has 1 aromatic carbocycles. The Balaban J connectivity index is 0.000000234. The minimum absolute atomic E-state index is 0.0502. The maximum atomic E-state index is 12.9. The normalized spacial score (nSPS) is 15.7. The number of benzene rings is 1. The van der Waals surface area contributed by atoms with E-state index in [0.717, 1.165) is 5.69 Å². The first-order valence-corrected chi connectivity index (χ1v) is 23.5. The van der Waals surface area contributed by atoms with Crippen molar-refractivity contribution in [3.8, 4) is 45.6 Å². The molecule has 1 aliphatic rings. The molecule has 8 rings (SSSR count). The van der Waals surface area contributed by atoms with Crippen LogP contribution in [0.1, 0.15) is 52.1 Å². The van der Waals surface area contributed by atoms with Gasteiger partial charge in [-0.15, -0.1) is 0 Å². The number of carbonyl (C=O) groups is 4. The number of aldehydes is 1. The van der Waals surface area contributed by atoms with Crippen molar-refractivity contribution in [1.82, 2.24) is 55.3 Å². The molecule has 5 N–H and O–H groups in total. The Kier molecular flexibility index (Phi) is 17.9. The molecule has 6 aromatic heterocycles. The standard InChI is InChI=1S/C28H31N7O4.C21H23N7O4.C2H6/c1-19(26(37)35(4)20-9-6-5-7-10-20)30-27-29-15-13-23(32-27)21-11-8-12-22(31-21)24-17-25(39-33-24)28(38,18-36)14-16-34(2)3;1-12(18(29)22-2)24-20-23-9-7-15(26-20)13-5-4-6-14(25-13)16-11-17(32-27-16)21(31)8-10-28(3)19(21)30;1-2/h5-13,15,17-19,38H,14,16H2,1-4H3,(H,29,30,32);4-7,9,11-12,31H,8,10H2,1-3H3,(H,22,29)(H,23,24,26);1-2H3. The van der Waals surface area contributed by atoms with Crippen molar-refractivity contribution in [2.75, 3.05) is 63.9 Å². The summed E-state index contributed by atoms with van der Waals surface area (Å²) in [7, 11) is 8.60. The number of likely N-dealkylation sites (tertiary alicyclic amines) is 1. The number of rotatable bonds is 17. The summed E-state index contributed by atoms with van der Waals surface area (Å²) in [4.78, 5) is 80.1. The molecule has 73 heavy (non-hydrogen) atoms. The van der Waals surface area contributed by atoms with Crippen LogP contribution in [0.25, 0.3) is 45.6 Å². The van der Waals surface area contributed by atoms with E-state index in [2.05, 4.69) is 56.2 Å². The quantitative estimate of drug-likeness (QED) is 0.0765. The number of aliphatic hydroxyl groups is 2. The highest BCUT2D eigenvalue weighted by molar-refractivity contribution is 5.97. The number of nitrogens with zero attached hydrogens (tertiary/aromatic N) is 11. The Morgan fingerprint density at radius 2 is 1.29 bits per heavy atom. The van der Waals surface area contributed by atoms with Crippen molar-refractivity contribution >= 4 is 41.6 Å². The monoisotopic (exact) mass is 996 g/mol. The number of para-hydroxylation sites is 1. The third kappa shape index (κ3) is 13.0. The van der Waals surface area contributed by atoms with Crippen LogP contribution in [-0.2, 0) is 30.4 Å². The number of amides is 3. The third-order valence-corrected chi connectivity index (χ3v) is 11.5. The number of nitrogens with one attached hydrogen (secondary N) is 3. The molecular formula is C51H60N14O8. The van der Waals surface area contributed by atoms with Gasteiger partial charge >= 0.3 is 0 Å². The van der Waals surface area contributed by atoms with Crippen molar-refractivity contribution in [1.29, 1.82) is 0 Å². The van der Waals surface area contributed by atoms with E-state index >= 15 is 0 Å². The highest BCUT2D eigenvalue weighted by atomic mass is 16.5. The molecule has 0 saturated carbocycles. The number of likely N-dealkylation sites (N-methyl/N-ethyl adjacent to an activating group) is 3. The molecular weight excluding hydrogens is 937 g/mol. The van der Waals surface area contributed by atoms with Gasteiger partial charge in [0.1, 0.15) is 23.5 Å². The number of aromatic nitrogens is 8. The van der Waals surface area contributed by atoms with Crippen LogP contribution in [0.5, 0.6) is 0 Å². The van der Waals surface area contributed by atoms with E-state index in [-0.39, 0.29) is 42.1 Å². The zero-order valence-corrected chi connectivity index (χ0v) is 42.1. The first kappa shape index (κ1) is 54.0. The largest absolute Gasteiger partial charge is 0.374 e. The topological polar surface area (TPSA) is 284 Å². The summed E-state index contributed by atoms with van der Waals surface area (Å²) < 4.78 is 10.6. The fraction of sp³-hybridized carbons (Fsp3) is 0.333. The lowest BCUT2D eigenvalue weighted by Gasteiger charge is -2.22. The van der Waals surface area contributed by atoms with Gasteiger partial charge in [-0.05, 0) is 76.5 Å². The van der Waals surface area contributed by atoms with Crippen LogP contribution in [0.15, 0.2) is 112 Å². The molecule has 0 bridgehead atoms. The van der Waals surface area contributed by atoms with Gasteiger partial charge < -0.3 is 49.9 Å². The molecule has 0 spiro atoms. The van der Waals surface area contributed by atoms with Gasteiger partial charge in [0.15, 0.2) is 23.4 Å². The van der Waals surface area contributed by atoms with E-state index in [9.17, 15) is 29.4 Å².